The Balaban J connectivity index is 1.34. The number of nitrogens with zero attached hydrogens (tertiary/aromatic N) is 6. The van der Waals surface area contributed by atoms with Crippen molar-refractivity contribution in [2.75, 3.05) is 23.7 Å². The number of rotatable bonds is 7. The van der Waals surface area contributed by atoms with E-state index < -0.39 is 24.1 Å². The number of fused-ring (bicyclic) bond motifs is 1. The number of piperidine rings is 1. The quantitative estimate of drug-likeness (QED) is 0.437. The number of halogens is 2. The van der Waals surface area contributed by atoms with Gasteiger partial charge >= 0.3 is 0 Å². The third-order valence-corrected chi connectivity index (χ3v) is 7.50. The van der Waals surface area contributed by atoms with Crippen LogP contribution in [-0.4, -0.2) is 71.6 Å². The number of anilines is 2. The van der Waals surface area contributed by atoms with Crippen molar-refractivity contribution < 1.29 is 18.7 Å². The predicted molar refractivity (Wildman–Crippen MR) is 135 cm³/mol. The van der Waals surface area contributed by atoms with Crippen LogP contribution in [0.4, 0.5) is 20.3 Å². The van der Waals surface area contributed by atoms with Crippen molar-refractivity contribution in [2.24, 2.45) is 0 Å². The van der Waals surface area contributed by atoms with E-state index >= 15 is 0 Å². The summed E-state index contributed by atoms with van der Waals surface area (Å²) in [4.78, 5) is 20.0. The molecule has 0 bridgehead atoms. The lowest BCUT2D eigenvalue weighted by Crippen LogP contribution is -2.39. The van der Waals surface area contributed by atoms with Gasteiger partial charge in [0.1, 0.15) is 11.4 Å². The minimum absolute atomic E-state index is 0.000525. The van der Waals surface area contributed by atoms with Gasteiger partial charge in [-0.2, -0.15) is 10.2 Å². The minimum atomic E-state index is -2.83. The number of aliphatic hydroxyl groups excluding tert-OH is 1. The monoisotopic (exact) mass is 516 g/mol. The van der Waals surface area contributed by atoms with Gasteiger partial charge in [-0.15, -0.1) is 0 Å². The number of likely N-dealkylation sites (tertiary alicyclic amines) is 1. The molecule has 5 rings (SSSR count). The SMILES string of the molecule is CC(C)N1CCC(n2cc(NC(=O)c3cnn4ccc(N[C@@H]5CCCC[C@@H]5O)nc34)c(C(F)F)n2)CC1. The molecule has 0 spiro atoms. The summed E-state index contributed by atoms with van der Waals surface area (Å²) in [6.07, 6.45) is 6.45. The molecule has 10 nitrogen and oxygen atoms in total. The molecular formula is C25H34F2N8O2. The maximum Gasteiger partial charge on any atom is 0.284 e. The summed E-state index contributed by atoms with van der Waals surface area (Å²) in [5.41, 5.74) is -0.00569. The summed E-state index contributed by atoms with van der Waals surface area (Å²) in [5.74, 6) is -0.0738. The van der Waals surface area contributed by atoms with E-state index in [0.717, 1.165) is 51.6 Å². The molecule has 2 aliphatic rings. The standard InChI is InChI=1S/C25H34F2N8O2/c1-15(2)33-10-7-16(8-11-33)35-14-19(22(32-35)23(26)27)30-25(37)17-13-28-34-12-9-21(31-24(17)34)29-18-5-3-4-6-20(18)36/h9,12-16,18,20,23,36H,3-8,10-11H2,1-2H3,(H,29,31)(H,30,37)/t18-,20+/m1/s1. The van der Waals surface area contributed by atoms with E-state index in [2.05, 4.69) is 44.6 Å². The van der Waals surface area contributed by atoms with Crippen LogP contribution in [0.1, 0.15) is 80.9 Å². The van der Waals surface area contributed by atoms with E-state index in [4.69, 9.17) is 0 Å². The van der Waals surface area contributed by atoms with Crippen LogP contribution in [0.3, 0.4) is 0 Å². The van der Waals surface area contributed by atoms with Crippen LogP contribution in [0, 0.1) is 0 Å². The average molecular weight is 517 g/mol. The zero-order valence-corrected chi connectivity index (χ0v) is 21.1. The second kappa shape index (κ2) is 10.7. The van der Waals surface area contributed by atoms with Gasteiger partial charge in [0.05, 0.1) is 30.1 Å². The number of aliphatic hydroxyl groups is 1. The molecule has 4 heterocycles. The number of hydrogen-bond acceptors (Lipinski definition) is 7. The second-order valence-electron chi connectivity index (χ2n) is 10.3. The largest absolute Gasteiger partial charge is 0.391 e. The highest BCUT2D eigenvalue weighted by Crippen LogP contribution is 2.31. The van der Waals surface area contributed by atoms with E-state index in [-0.39, 0.29) is 23.3 Å². The first-order valence-corrected chi connectivity index (χ1v) is 13.0. The van der Waals surface area contributed by atoms with Crippen molar-refractivity contribution >= 4 is 23.1 Å². The fourth-order valence-corrected chi connectivity index (χ4v) is 5.29. The summed E-state index contributed by atoms with van der Waals surface area (Å²) < 4.78 is 30.7. The average Bonchev–Trinajstić information content (AvgIpc) is 3.50. The molecule has 2 fully saturated rings. The number of alkyl halides is 2. The highest BCUT2D eigenvalue weighted by Gasteiger charge is 2.28. The molecule has 12 heteroatoms. The summed E-state index contributed by atoms with van der Waals surface area (Å²) in [7, 11) is 0. The van der Waals surface area contributed by atoms with Crippen molar-refractivity contribution in [2.45, 2.75) is 83.0 Å². The summed E-state index contributed by atoms with van der Waals surface area (Å²) in [6.45, 7) is 6.03. The van der Waals surface area contributed by atoms with Gasteiger partial charge in [0.2, 0.25) is 0 Å². The van der Waals surface area contributed by atoms with Gasteiger partial charge in [0.15, 0.2) is 11.3 Å². The number of amides is 1. The topological polar surface area (TPSA) is 113 Å². The molecule has 3 aromatic heterocycles. The maximum absolute atomic E-state index is 13.8. The first kappa shape index (κ1) is 25.5. The van der Waals surface area contributed by atoms with Crippen LogP contribution in [0.5, 0.6) is 0 Å². The molecule has 3 aromatic rings. The second-order valence-corrected chi connectivity index (χ2v) is 10.3. The van der Waals surface area contributed by atoms with Gasteiger partial charge in [-0.25, -0.2) is 18.3 Å². The number of hydrogen-bond donors (Lipinski definition) is 3. The molecule has 2 atom stereocenters. The van der Waals surface area contributed by atoms with Crippen molar-refractivity contribution in [3.05, 3.63) is 35.9 Å². The van der Waals surface area contributed by atoms with Crippen LogP contribution >= 0.6 is 0 Å². The molecule has 37 heavy (non-hydrogen) atoms. The van der Waals surface area contributed by atoms with Gasteiger partial charge in [-0.3, -0.25) is 9.48 Å². The fraction of sp³-hybridized carbons (Fsp3) is 0.600. The third kappa shape index (κ3) is 5.45. The Morgan fingerprint density at radius 3 is 2.62 bits per heavy atom. The zero-order valence-electron chi connectivity index (χ0n) is 21.1. The maximum atomic E-state index is 13.8. The molecule has 1 aliphatic carbocycles. The molecule has 200 valence electrons. The Morgan fingerprint density at radius 2 is 1.92 bits per heavy atom. The van der Waals surface area contributed by atoms with Gasteiger partial charge in [0.25, 0.3) is 12.3 Å². The van der Waals surface area contributed by atoms with E-state index in [9.17, 15) is 18.7 Å². The molecule has 0 unspecified atom stereocenters. The lowest BCUT2D eigenvalue weighted by atomic mass is 9.93. The predicted octanol–water partition coefficient (Wildman–Crippen LogP) is 3.88. The minimum Gasteiger partial charge on any atom is -0.391 e. The van der Waals surface area contributed by atoms with Gasteiger partial charge in [-0.1, -0.05) is 12.8 Å². The Hall–Kier alpha value is -3.12. The zero-order chi connectivity index (χ0) is 26.1. The molecule has 1 saturated carbocycles. The van der Waals surface area contributed by atoms with Gasteiger partial charge in [-0.05, 0) is 45.6 Å². The van der Waals surface area contributed by atoms with Crippen molar-refractivity contribution in [3.63, 3.8) is 0 Å². The van der Waals surface area contributed by atoms with Crippen molar-refractivity contribution in [1.82, 2.24) is 29.3 Å². The fourth-order valence-electron chi connectivity index (χ4n) is 5.29. The lowest BCUT2D eigenvalue weighted by Gasteiger charge is -2.34. The number of carbonyl (C=O) groups excluding carboxylic acids is 1. The van der Waals surface area contributed by atoms with Crippen LogP contribution in [0.25, 0.3) is 5.65 Å². The molecule has 0 aromatic carbocycles. The van der Waals surface area contributed by atoms with Crippen LogP contribution < -0.4 is 10.6 Å². The lowest BCUT2D eigenvalue weighted by molar-refractivity contribution is 0.102. The van der Waals surface area contributed by atoms with Crippen LogP contribution in [0.2, 0.25) is 0 Å². The Morgan fingerprint density at radius 1 is 1.16 bits per heavy atom. The van der Waals surface area contributed by atoms with Crippen molar-refractivity contribution in [3.8, 4) is 0 Å². The van der Waals surface area contributed by atoms with E-state index in [1.54, 1.807) is 16.9 Å². The Labute approximate surface area is 214 Å². The normalized spacial score (nSPS) is 21.7. The third-order valence-electron chi connectivity index (χ3n) is 7.50. The Bertz CT molecular complexity index is 1230. The molecule has 3 N–H and O–H groups in total. The smallest absolute Gasteiger partial charge is 0.284 e. The first-order valence-electron chi connectivity index (χ1n) is 13.0. The first-order chi connectivity index (χ1) is 17.8. The number of nitrogens with one attached hydrogen (secondary N) is 2. The Kier molecular flexibility index (Phi) is 7.38. The number of carbonyl (C=O) groups is 1. The van der Waals surface area contributed by atoms with Crippen LogP contribution in [-0.2, 0) is 0 Å². The molecule has 1 saturated heterocycles. The van der Waals surface area contributed by atoms with Crippen LogP contribution in [0.15, 0.2) is 24.7 Å². The summed E-state index contributed by atoms with van der Waals surface area (Å²) in [5, 5.41) is 24.5. The van der Waals surface area contributed by atoms with E-state index in [1.165, 1.54) is 16.9 Å². The van der Waals surface area contributed by atoms with Crippen molar-refractivity contribution in [1.29, 1.82) is 0 Å². The highest BCUT2D eigenvalue weighted by atomic mass is 19.3. The molecule has 0 radical (unpaired) electrons. The molecular weight excluding hydrogens is 482 g/mol. The van der Waals surface area contributed by atoms with E-state index in [0.29, 0.717) is 17.5 Å². The summed E-state index contributed by atoms with van der Waals surface area (Å²) in [6, 6.07) is 2.05. The molecule has 1 aliphatic heterocycles. The highest BCUT2D eigenvalue weighted by molar-refractivity contribution is 6.08. The van der Waals surface area contributed by atoms with E-state index in [1.807, 2.05) is 0 Å². The summed E-state index contributed by atoms with van der Waals surface area (Å²) >= 11 is 0. The van der Waals surface area contributed by atoms with Gasteiger partial charge in [0, 0.05) is 31.5 Å². The number of aromatic nitrogens is 5. The van der Waals surface area contributed by atoms with Gasteiger partial charge < -0.3 is 20.6 Å². The molecule has 1 amide bonds.